The van der Waals surface area contributed by atoms with Crippen LogP contribution in [0.2, 0.25) is 0 Å². The minimum Gasteiger partial charge on any atom is -0.353 e. The fraction of sp³-hybridized carbons (Fsp3) is 0.933. The van der Waals surface area contributed by atoms with Gasteiger partial charge in [0.2, 0.25) is 5.91 Å². The van der Waals surface area contributed by atoms with Crippen molar-refractivity contribution < 1.29 is 18.0 Å². The quantitative estimate of drug-likeness (QED) is 0.811. The van der Waals surface area contributed by atoms with Gasteiger partial charge < -0.3 is 10.6 Å². The van der Waals surface area contributed by atoms with Crippen LogP contribution in [0.4, 0.5) is 13.2 Å². The van der Waals surface area contributed by atoms with Crippen LogP contribution in [-0.4, -0.2) is 31.2 Å². The largest absolute Gasteiger partial charge is 0.391 e. The van der Waals surface area contributed by atoms with Gasteiger partial charge in [0, 0.05) is 12.0 Å². The second-order valence-electron chi connectivity index (χ2n) is 6.97. The molecule has 0 bridgehead atoms. The zero-order chi connectivity index (χ0) is 15.1. The van der Waals surface area contributed by atoms with Gasteiger partial charge in [-0.05, 0) is 63.5 Å². The Balaban J connectivity index is 0.00000176. The third kappa shape index (κ3) is 3.70. The lowest BCUT2D eigenvalue weighted by Crippen LogP contribution is -2.42. The molecule has 0 aromatic rings. The molecule has 2 N–H and O–H groups in total. The monoisotopic (exact) mass is 340 g/mol. The number of halogens is 4. The van der Waals surface area contributed by atoms with Crippen molar-refractivity contribution in [1.82, 2.24) is 10.6 Å². The average Bonchev–Trinajstić information content (AvgIpc) is 3.13. The van der Waals surface area contributed by atoms with Gasteiger partial charge in [-0.15, -0.1) is 12.4 Å². The van der Waals surface area contributed by atoms with Gasteiger partial charge in [-0.3, -0.25) is 4.79 Å². The summed E-state index contributed by atoms with van der Waals surface area (Å²) < 4.78 is 37.8. The predicted molar refractivity (Wildman–Crippen MR) is 79.8 cm³/mol. The van der Waals surface area contributed by atoms with Crippen molar-refractivity contribution in [2.45, 2.75) is 57.2 Å². The van der Waals surface area contributed by atoms with Gasteiger partial charge in [-0.25, -0.2) is 0 Å². The Morgan fingerprint density at radius 1 is 1.09 bits per heavy atom. The standard InChI is InChI=1S/C15H23F3N2O.ClH/c16-15(17,18)10-1-3-11(4-2-10)20-13(21)12-9-14(12)5-7-19-8-6-14;/h10-12,19H,1-9H2,(H,20,21);1H. The van der Waals surface area contributed by atoms with E-state index < -0.39 is 12.1 Å². The molecule has 22 heavy (non-hydrogen) atoms. The molecular formula is C15H24ClF3N2O. The van der Waals surface area contributed by atoms with Crippen molar-refractivity contribution in [2.24, 2.45) is 17.3 Å². The first-order valence-corrected chi connectivity index (χ1v) is 7.98. The molecule has 2 saturated carbocycles. The number of nitrogens with one attached hydrogen (secondary N) is 2. The molecule has 1 atom stereocenters. The maximum absolute atomic E-state index is 12.6. The summed E-state index contributed by atoms with van der Waals surface area (Å²) in [5.74, 6) is -1.00. The summed E-state index contributed by atoms with van der Waals surface area (Å²) in [4.78, 5) is 12.3. The second kappa shape index (κ2) is 6.56. The van der Waals surface area contributed by atoms with Crippen LogP contribution in [0, 0.1) is 17.3 Å². The van der Waals surface area contributed by atoms with Gasteiger partial charge in [-0.1, -0.05) is 0 Å². The van der Waals surface area contributed by atoms with E-state index in [0.717, 1.165) is 32.4 Å². The molecule has 1 aliphatic heterocycles. The molecule has 3 nitrogen and oxygen atoms in total. The van der Waals surface area contributed by atoms with E-state index in [4.69, 9.17) is 0 Å². The summed E-state index contributed by atoms with van der Waals surface area (Å²) in [6.07, 6.45) is 0.178. The normalized spacial score (nSPS) is 33.9. The first-order chi connectivity index (χ1) is 9.91. The summed E-state index contributed by atoms with van der Waals surface area (Å²) in [6.45, 7) is 1.95. The predicted octanol–water partition coefficient (Wildman–Crippen LogP) is 3.04. The van der Waals surface area contributed by atoms with Gasteiger partial charge in [0.25, 0.3) is 0 Å². The number of piperidine rings is 1. The molecule has 3 fully saturated rings. The minimum atomic E-state index is -4.08. The first-order valence-electron chi connectivity index (χ1n) is 7.98. The molecule has 0 radical (unpaired) electrons. The van der Waals surface area contributed by atoms with Crippen LogP contribution < -0.4 is 10.6 Å². The van der Waals surface area contributed by atoms with E-state index in [1.165, 1.54) is 0 Å². The number of amides is 1. The maximum Gasteiger partial charge on any atom is 0.391 e. The number of alkyl halides is 3. The molecule has 128 valence electrons. The minimum absolute atomic E-state index is 0. The lowest BCUT2D eigenvalue weighted by molar-refractivity contribution is -0.182. The highest BCUT2D eigenvalue weighted by atomic mass is 35.5. The molecule has 3 aliphatic rings. The fourth-order valence-electron chi connectivity index (χ4n) is 4.06. The van der Waals surface area contributed by atoms with Crippen LogP contribution in [0.5, 0.6) is 0 Å². The maximum atomic E-state index is 12.6. The Labute approximate surface area is 135 Å². The van der Waals surface area contributed by atoms with Crippen molar-refractivity contribution in [1.29, 1.82) is 0 Å². The Kier molecular flexibility index (Phi) is 5.32. The topological polar surface area (TPSA) is 41.1 Å². The highest BCUT2D eigenvalue weighted by molar-refractivity contribution is 5.85. The Hall–Kier alpha value is -0.490. The molecule has 1 unspecified atom stereocenters. The smallest absolute Gasteiger partial charge is 0.353 e. The summed E-state index contributed by atoms with van der Waals surface area (Å²) in [6, 6.07) is -0.0598. The lowest BCUT2D eigenvalue weighted by Gasteiger charge is -2.30. The zero-order valence-corrected chi connectivity index (χ0v) is 13.4. The zero-order valence-electron chi connectivity index (χ0n) is 12.5. The van der Waals surface area contributed by atoms with E-state index in [1.54, 1.807) is 0 Å². The summed E-state index contributed by atoms with van der Waals surface area (Å²) in [5.41, 5.74) is 0.193. The van der Waals surface area contributed by atoms with Crippen LogP contribution in [-0.2, 0) is 4.79 Å². The third-order valence-electron chi connectivity index (χ3n) is 5.64. The van der Waals surface area contributed by atoms with Gasteiger partial charge in [-0.2, -0.15) is 13.2 Å². The summed E-state index contributed by atoms with van der Waals surface area (Å²) in [7, 11) is 0. The fourth-order valence-corrected chi connectivity index (χ4v) is 4.06. The van der Waals surface area contributed by atoms with Gasteiger partial charge in [0.05, 0.1) is 5.92 Å². The molecule has 7 heteroatoms. The van der Waals surface area contributed by atoms with Crippen molar-refractivity contribution in [3.05, 3.63) is 0 Å². The molecule has 3 rings (SSSR count). The number of hydrogen-bond acceptors (Lipinski definition) is 2. The molecule has 1 heterocycles. The Morgan fingerprint density at radius 2 is 1.68 bits per heavy atom. The van der Waals surface area contributed by atoms with Crippen LogP contribution in [0.3, 0.4) is 0 Å². The first kappa shape index (κ1) is 17.9. The van der Waals surface area contributed by atoms with Crippen molar-refractivity contribution in [3.63, 3.8) is 0 Å². The summed E-state index contributed by atoms with van der Waals surface area (Å²) >= 11 is 0. The Bertz CT molecular complexity index is 402. The van der Waals surface area contributed by atoms with Crippen LogP contribution in [0.1, 0.15) is 44.9 Å². The number of carbonyl (C=O) groups is 1. The Morgan fingerprint density at radius 3 is 2.23 bits per heavy atom. The molecule has 0 aromatic heterocycles. The van der Waals surface area contributed by atoms with E-state index in [-0.39, 0.29) is 48.5 Å². The molecular weight excluding hydrogens is 317 g/mol. The van der Waals surface area contributed by atoms with Crippen molar-refractivity contribution in [3.8, 4) is 0 Å². The van der Waals surface area contributed by atoms with Crippen molar-refractivity contribution in [2.75, 3.05) is 13.1 Å². The average molecular weight is 341 g/mol. The molecule has 1 amide bonds. The summed E-state index contributed by atoms with van der Waals surface area (Å²) in [5, 5.41) is 6.30. The van der Waals surface area contributed by atoms with E-state index in [9.17, 15) is 18.0 Å². The lowest BCUT2D eigenvalue weighted by atomic mass is 9.85. The van der Waals surface area contributed by atoms with E-state index in [0.29, 0.717) is 12.8 Å². The van der Waals surface area contributed by atoms with Crippen LogP contribution in [0.25, 0.3) is 0 Å². The molecule has 0 aromatic carbocycles. The SMILES string of the molecule is Cl.O=C(NC1CCC(C(F)(F)F)CC1)C1CC12CCNCC2. The third-order valence-corrected chi connectivity index (χ3v) is 5.64. The number of hydrogen-bond donors (Lipinski definition) is 2. The molecule has 1 saturated heterocycles. The number of rotatable bonds is 2. The van der Waals surface area contributed by atoms with Crippen LogP contribution in [0.15, 0.2) is 0 Å². The second-order valence-corrected chi connectivity index (χ2v) is 6.97. The van der Waals surface area contributed by atoms with Gasteiger partial charge in [0.1, 0.15) is 0 Å². The van der Waals surface area contributed by atoms with Crippen LogP contribution >= 0.6 is 12.4 Å². The van der Waals surface area contributed by atoms with E-state index >= 15 is 0 Å². The molecule has 2 aliphatic carbocycles. The van der Waals surface area contributed by atoms with E-state index in [1.807, 2.05) is 0 Å². The van der Waals surface area contributed by atoms with Gasteiger partial charge >= 0.3 is 6.18 Å². The van der Waals surface area contributed by atoms with E-state index in [2.05, 4.69) is 10.6 Å². The van der Waals surface area contributed by atoms with Gasteiger partial charge in [0.15, 0.2) is 0 Å². The van der Waals surface area contributed by atoms with Crippen molar-refractivity contribution >= 4 is 18.3 Å². The highest BCUT2D eigenvalue weighted by Gasteiger charge is 2.57. The highest BCUT2D eigenvalue weighted by Crippen LogP contribution is 2.58. The molecule has 1 spiro atoms. The number of carbonyl (C=O) groups excluding carboxylic acids is 1.